The molecule has 0 bridgehead atoms. The molecular formula is C19H15ClF2N4O2. The minimum absolute atomic E-state index is 0.00797. The van der Waals surface area contributed by atoms with Crippen LogP contribution in [0.4, 0.5) is 14.5 Å². The Labute approximate surface area is 164 Å². The maximum absolute atomic E-state index is 13.9. The topological polar surface area (TPSA) is 95.0 Å². The molecule has 3 rings (SSSR count). The van der Waals surface area contributed by atoms with E-state index in [4.69, 9.17) is 21.3 Å². The van der Waals surface area contributed by atoms with Crippen LogP contribution in [-0.4, -0.2) is 21.4 Å². The lowest BCUT2D eigenvalue weighted by Crippen LogP contribution is -2.23. The van der Waals surface area contributed by atoms with Crippen molar-refractivity contribution in [3.05, 3.63) is 64.0 Å². The van der Waals surface area contributed by atoms with Crippen LogP contribution in [0.3, 0.4) is 0 Å². The normalized spacial score (nSPS) is 13.0. The van der Waals surface area contributed by atoms with Gasteiger partial charge in [0.05, 0.1) is 22.3 Å². The molecule has 0 aliphatic rings. The Kier molecular flexibility index (Phi) is 5.58. The second-order valence-electron chi connectivity index (χ2n) is 6.14. The maximum atomic E-state index is 13.9. The zero-order chi connectivity index (χ0) is 20.4. The summed E-state index contributed by atoms with van der Waals surface area (Å²) >= 11 is 6.17. The number of nitrogens with one attached hydrogen (secondary N) is 1. The third kappa shape index (κ3) is 3.81. The molecule has 1 aromatic heterocycles. The Morgan fingerprint density at radius 3 is 2.64 bits per heavy atom. The fourth-order valence-electron chi connectivity index (χ4n) is 2.62. The number of hydrogen-bond acceptors (Lipinski definition) is 6. The van der Waals surface area contributed by atoms with Gasteiger partial charge in [-0.3, -0.25) is 0 Å². The van der Waals surface area contributed by atoms with Crippen molar-refractivity contribution in [2.45, 2.75) is 26.0 Å². The van der Waals surface area contributed by atoms with Crippen LogP contribution in [0.15, 0.2) is 34.7 Å². The number of aliphatic hydroxyl groups excluding tert-OH is 1. The van der Waals surface area contributed by atoms with E-state index in [0.717, 1.165) is 6.07 Å². The van der Waals surface area contributed by atoms with Gasteiger partial charge in [-0.1, -0.05) is 11.6 Å². The molecule has 144 valence electrons. The summed E-state index contributed by atoms with van der Waals surface area (Å²) in [5, 5.41) is 30.2. The number of rotatable bonds is 5. The molecule has 2 aromatic carbocycles. The number of nitrogens with zero attached hydrogens (tertiary/aromatic N) is 3. The number of hydrogen-bond donors (Lipinski definition) is 2. The van der Waals surface area contributed by atoms with Crippen LogP contribution >= 0.6 is 11.6 Å². The van der Waals surface area contributed by atoms with Gasteiger partial charge < -0.3 is 14.8 Å². The highest BCUT2D eigenvalue weighted by atomic mass is 35.5. The fraction of sp³-hybridized carbons (Fsp3) is 0.211. The minimum atomic E-state index is -0.958. The molecule has 0 radical (unpaired) electrons. The van der Waals surface area contributed by atoms with Crippen LogP contribution in [0, 0.1) is 29.9 Å². The molecule has 0 aliphatic carbocycles. The van der Waals surface area contributed by atoms with Crippen LogP contribution in [-0.2, 0) is 0 Å². The molecule has 0 amide bonds. The first-order valence-electron chi connectivity index (χ1n) is 8.24. The van der Waals surface area contributed by atoms with Crippen molar-refractivity contribution in [2.24, 2.45) is 0 Å². The summed E-state index contributed by atoms with van der Waals surface area (Å²) < 4.78 is 32.5. The second kappa shape index (κ2) is 7.92. The summed E-state index contributed by atoms with van der Waals surface area (Å²) in [5.74, 6) is -1.70. The van der Waals surface area contributed by atoms with Crippen LogP contribution in [0.25, 0.3) is 11.5 Å². The lowest BCUT2D eigenvalue weighted by atomic mass is 10.1. The fourth-order valence-corrected chi connectivity index (χ4v) is 2.82. The number of aromatic nitrogens is 2. The molecule has 0 fully saturated rings. The molecule has 6 nitrogen and oxygen atoms in total. The SMILES string of the molecule is Cc1c(N[C@@H](c2nnc(-c3ccc(F)cc3F)o2)C(C)O)ccc(C#N)c1Cl. The summed E-state index contributed by atoms with van der Waals surface area (Å²) in [6, 6.07) is 7.34. The van der Waals surface area contributed by atoms with Crippen molar-refractivity contribution < 1.29 is 18.3 Å². The van der Waals surface area contributed by atoms with Gasteiger partial charge in [-0.2, -0.15) is 5.26 Å². The lowest BCUT2D eigenvalue weighted by molar-refractivity contribution is 0.159. The van der Waals surface area contributed by atoms with E-state index in [1.54, 1.807) is 19.1 Å². The first-order chi connectivity index (χ1) is 13.3. The molecule has 1 unspecified atom stereocenters. The minimum Gasteiger partial charge on any atom is -0.418 e. The average molecular weight is 405 g/mol. The molecule has 9 heteroatoms. The smallest absolute Gasteiger partial charge is 0.250 e. The molecule has 2 N–H and O–H groups in total. The van der Waals surface area contributed by atoms with Gasteiger partial charge in [0, 0.05) is 11.8 Å². The molecule has 1 heterocycles. The second-order valence-corrected chi connectivity index (χ2v) is 6.52. The van der Waals surface area contributed by atoms with E-state index in [1.807, 2.05) is 6.07 Å². The van der Waals surface area contributed by atoms with E-state index in [2.05, 4.69) is 15.5 Å². The van der Waals surface area contributed by atoms with Crippen molar-refractivity contribution >= 4 is 17.3 Å². The van der Waals surface area contributed by atoms with Gasteiger partial charge >= 0.3 is 0 Å². The van der Waals surface area contributed by atoms with Gasteiger partial charge in [0.25, 0.3) is 5.89 Å². The van der Waals surface area contributed by atoms with Crippen molar-refractivity contribution in [3.63, 3.8) is 0 Å². The summed E-state index contributed by atoms with van der Waals surface area (Å²) in [6.07, 6.45) is -0.958. The zero-order valence-corrected chi connectivity index (χ0v) is 15.6. The average Bonchev–Trinajstić information content (AvgIpc) is 3.12. The summed E-state index contributed by atoms with van der Waals surface area (Å²) in [5.41, 5.74) is 1.44. The van der Waals surface area contributed by atoms with Gasteiger partial charge in [-0.15, -0.1) is 10.2 Å². The zero-order valence-electron chi connectivity index (χ0n) is 14.9. The van der Waals surface area contributed by atoms with Gasteiger partial charge in [0.1, 0.15) is 23.7 Å². The highest BCUT2D eigenvalue weighted by molar-refractivity contribution is 6.32. The number of nitriles is 1. The molecule has 28 heavy (non-hydrogen) atoms. The summed E-state index contributed by atoms with van der Waals surface area (Å²) in [4.78, 5) is 0. The first-order valence-corrected chi connectivity index (χ1v) is 8.62. The standard InChI is InChI=1S/C19H15ClF2N4O2/c1-9-15(6-3-11(8-23)16(9)20)24-17(10(2)27)19-26-25-18(28-19)13-5-4-12(21)7-14(13)22/h3-7,10,17,24,27H,1-2H3/t10?,17-/m1/s1. The molecule has 0 spiro atoms. The Bertz CT molecular complexity index is 1060. The van der Waals surface area contributed by atoms with Crippen molar-refractivity contribution in [1.82, 2.24) is 10.2 Å². The number of aliphatic hydroxyl groups is 1. The molecule has 0 aliphatic heterocycles. The molecule has 2 atom stereocenters. The monoisotopic (exact) mass is 404 g/mol. The van der Waals surface area contributed by atoms with Gasteiger partial charge in [-0.25, -0.2) is 8.78 Å². The number of anilines is 1. The number of benzene rings is 2. The molecular weight excluding hydrogens is 390 g/mol. The van der Waals surface area contributed by atoms with Gasteiger partial charge in [0.15, 0.2) is 0 Å². The third-order valence-corrected chi connectivity index (χ3v) is 4.66. The Hall–Kier alpha value is -3.02. The maximum Gasteiger partial charge on any atom is 0.250 e. The van der Waals surface area contributed by atoms with Gasteiger partial charge in [-0.05, 0) is 43.7 Å². The predicted molar refractivity (Wildman–Crippen MR) is 98.6 cm³/mol. The van der Waals surface area contributed by atoms with E-state index >= 15 is 0 Å². The highest BCUT2D eigenvalue weighted by Gasteiger charge is 2.26. The Morgan fingerprint density at radius 1 is 1.25 bits per heavy atom. The van der Waals surface area contributed by atoms with E-state index in [-0.39, 0.29) is 22.4 Å². The molecule has 3 aromatic rings. The number of halogens is 3. The quantitative estimate of drug-likeness (QED) is 0.655. The predicted octanol–water partition coefficient (Wildman–Crippen LogP) is 4.38. The Balaban J connectivity index is 1.93. The largest absolute Gasteiger partial charge is 0.418 e. The lowest BCUT2D eigenvalue weighted by Gasteiger charge is -2.21. The summed E-state index contributed by atoms with van der Waals surface area (Å²) in [7, 11) is 0. The first kappa shape index (κ1) is 19.7. The van der Waals surface area contributed by atoms with E-state index < -0.39 is 23.8 Å². The van der Waals surface area contributed by atoms with Crippen molar-refractivity contribution in [2.75, 3.05) is 5.32 Å². The van der Waals surface area contributed by atoms with Crippen LogP contribution in [0.1, 0.15) is 30.0 Å². The highest BCUT2D eigenvalue weighted by Crippen LogP contribution is 2.32. The van der Waals surface area contributed by atoms with Crippen LogP contribution in [0.2, 0.25) is 5.02 Å². The Morgan fingerprint density at radius 2 is 2.00 bits per heavy atom. The van der Waals surface area contributed by atoms with Crippen molar-refractivity contribution in [1.29, 1.82) is 5.26 Å². The molecule has 0 saturated heterocycles. The van der Waals surface area contributed by atoms with E-state index in [1.165, 1.54) is 13.0 Å². The van der Waals surface area contributed by atoms with Crippen molar-refractivity contribution in [3.8, 4) is 17.5 Å². The summed E-state index contributed by atoms with van der Waals surface area (Å²) in [6.45, 7) is 3.23. The van der Waals surface area contributed by atoms with E-state index in [9.17, 15) is 13.9 Å². The van der Waals surface area contributed by atoms with Crippen LogP contribution in [0.5, 0.6) is 0 Å². The van der Waals surface area contributed by atoms with E-state index in [0.29, 0.717) is 22.9 Å². The van der Waals surface area contributed by atoms with Crippen LogP contribution < -0.4 is 5.32 Å². The molecule has 0 saturated carbocycles. The third-order valence-electron chi connectivity index (χ3n) is 4.17. The van der Waals surface area contributed by atoms with Gasteiger partial charge in [0.2, 0.25) is 5.89 Å².